The minimum atomic E-state index is -4.75. The van der Waals surface area contributed by atoms with Crippen molar-refractivity contribution in [3.05, 3.63) is 104 Å². The Morgan fingerprint density at radius 1 is 0.850 bits per heavy atom. The molecule has 0 bridgehead atoms. The number of halogens is 3. The average Bonchev–Trinajstić information content (AvgIpc) is 3.47. The summed E-state index contributed by atoms with van der Waals surface area (Å²) < 4.78 is 42.1. The van der Waals surface area contributed by atoms with Gasteiger partial charge in [-0.1, -0.05) is 0 Å². The van der Waals surface area contributed by atoms with Gasteiger partial charge in [0, 0.05) is 52.5 Å². The lowest BCUT2D eigenvalue weighted by Gasteiger charge is -2.14. The van der Waals surface area contributed by atoms with Crippen molar-refractivity contribution in [3.63, 3.8) is 0 Å². The summed E-state index contributed by atoms with van der Waals surface area (Å²) >= 11 is -0.406. The van der Waals surface area contributed by atoms with Gasteiger partial charge in [-0.25, -0.2) is 19.9 Å². The molecular formula is C28H13F3N8S. The molecule has 0 unspecified atom stereocenters. The van der Waals surface area contributed by atoms with E-state index in [2.05, 4.69) is 29.6 Å². The normalized spacial score (nSPS) is 13.6. The van der Waals surface area contributed by atoms with Gasteiger partial charge in [0.05, 0.1) is 5.57 Å². The van der Waals surface area contributed by atoms with Crippen LogP contribution in [0.2, 0.25) is 0 Å². The fraction of sp³-hybridized carbons (Fsp3) is 0.143. The van der Waals surface area contributed by atoms with Gasteiger partial charge >= 0.3 is 11.3 Å². The molecule has 2 aliphatic carbocycles. The Hall–Kier alpha value is -5.30. The molecule has 40 heavy (non-hydrogen) atoms. The number of allylic oxidation sites excluding steroid dienone is 2. The summed E-state index contributed by atoms with van der Waals surface area (Å²) in [6, 6.07) is 6.65. The highest BCUT2D eigenvalue weighted by Crippen LogP contribution is 2.46. The number of nitriles is 2. The highest BCUT2D eigenvalue weighted by atomic mass is 32.2. The predicted octanol–water partition coefficient (Wildman–Crippen LogP) is 4.64. The van der Waals surface area contributed by atoms with Gasteiger partial charge < -0.3 is 0 Å². The van der Waals surface area contributed by atoms with E-state index in [1.165, 1.54) is 24.8 Å². The Morgan fingerprint density at radius 2 is 1.32 bits per heavy atom. The third-order valence-corrected chi connectivity index (χ3v) is 7.43. The van der Waals surface area contributed by atoms with Crippen molar-refractivity contribution in [1.82, 2.24) is 19.9 Å². The maximum absolute atomic E-state index is 14.0. The average molecular weight is 551 g/mol. The van der Waals surface area contributed by atoms with Crippen LogP contribution in [0.5, 0.6) is 0 Å². The number of benzene rings is 1. The van der Waals surface area contributed by atoms with Crippen molar-refractivity contribution in [1.29, 1.82) is 10.5 Å². The van der Waals surface area contributed by atoms with Crippen LogP contribution in [-0.2, 0) is 12.8 Å². The summed E-state index contributed by atoms with van der Waals surface area (Å²) in [5.41, 5.74) is -2.63. The third-order valence-electron chi connectivity index (χ3n) is 6.55. The minimum Gasteiger partial charge on any atom is -0.237 e. The highest BCUT2D eigenvalue weighted by molar-refractivity contribution is 8.09. The van der Waals surface area contributed by atoms with E-state index >= 15 is 0 Å². The first-order valence-corrected chi connectivity index (χ1v) is 12.3. The molecule has 0 N–H and O–H groups in total. The van der Waals surface area contributed by atoms with E-state index in [0.717, 1.165) is 0 Å². The zero-order chi connectivity index (χ0) is 28.6. The summed E-state index contributed by atoms with van der Waals surface area (Å²) in [7, 11) is 0. The van der Waals surface area contributed by atoms with Gasteiger partial charge in [0.2, 0.25) is 0 Å². The van der Waals surface area contributed by atoms with Crippen molar-refractivity contribution < 1.29 is 13.2 Å². The van der Waals surface area contributed by atoms with Crippen molar-refractivity contribution in [2.75, 3.05) is 0 Å². The van der Waals surface area contributed by atoms with Crippen LogP contribution in [0.1, 0.15) is 18.1 Å². The van der Waals surface area contributed by atoms with Crippen LogP contribution in [0.25, 0.3) is 42.9 Å². The summed E-state index contributed by atoms with van der Waals surface area (Å²) in [5, 5.41) is 20.0. The van der Waals surface area contributed by atoms with E-state index in [1.807, 2.05) is 0 Å². The number of nitrogens with zero attached hydrogens (tertiary/aromatic N) is 8. The van der Waals surface area contributed by atoms with Crippen LogP contribution in [0.4, 0.5) is 13.2 Å². The van der Waals surface area contributed by atoms with Crippen LogP contribution in [0, 0.1) is 35.8 Å². The van der Waals surface area contributed by atoms with Crippen molar-refractivity contribution >= 4 is 22.2 Å². The molecule has 0 amide bonds. The molecule has 0 fully saturated rings. The standard InChI is InChI=1S/C28H13F3N8S/c1-14-16(25(34-2)35-3)10-18-20(14)22(26-36-6-4-7-37-26)19-11-17(15(12-32)13-33)24(40-28(29,30)31)21(19)23(18)27-38-8-5-9-39-27/h4-9H,10-11H2,1H3. The Morgan fingerprint density at radius 3 is 1.80 bits per heavy atom. The predicted molar refractivity (Wildman–Crippen MR) is 140 cm³/mol. The summed E-state index contributed by atoms with van der Waals surface area (Å²) in [6.45, 7) is 16.8. The lowest BCUT2D eigenvalue weighted by atomic mass is 9.92. The molecule has 0 radical (unpaired) electrons. The van der Waals surface area contributed by atoms with E-state index in [-0.39, 0.29) is 51.6 Å². The van der Waals surface area contributed by atoms with Gasteiger partial charge in [-0.05, 0) is 64.7 Å². The molecule has 12 heteroatoms. The zero-order valence-electron chi connectivity index (χ0n) is 20.5. The number of fused-ring (bicyclic) bond motifs is 2. The Balaban J connectivity index is 2.12. The van der Waals surface area contributed by atoms with Crippen LogP contribution in [0.15, 0.2) is 59.5 Å². The monoisotopic (exact) mass is 550 g/mol. The van der Waals surface area contributed by atoms with Crippen molar-refractivity contribution in [2.24, 2.45) is 0 Å². The fourth-order valence-electron chi connectivity index (χ4n) is 5.09. The second kappa shape index (κ2) is 10.1. The first kappa shape index (κ1) is 26.3. The molecule has 0 saturated carbocycles. The fourth-order valence-corrected chi connectivity index (χ4v) is 5.94. The zero-order valence-corrected chi connectivity index (χ0v) is 21.3. The number of aromatic nitrogens is 4. The molecule has 3 aromatic rings. The Bertz CT molecular complexity index is 1920. The second-order valence-corrected chi connectivity index (χ2v) is 9.64. The summed E-state index contributed by atoms with van der Waals surface area (Å²) in [5.74, 6) is 0.199. The van der Waals surface area contributed by atoms with Gasteiger partial charge in [0.1, 0.15) is 30.9 Å². The lowest BCUT2D eigenvalue weighted by Crippen LogP contribution is -2.25. The first-order chi connectivity index (χ1) is 19.2. The number of thioether (sulfide) groups is 1. The number of hydrogen-bond acceptors (Lipinski definition) is 7. The molecule has 5 rings (SSSR count). The van der Waals surface area contributed by atoms with Crippen LogP contribution in [-0.4, -0.2) is 25.4 Å². The molecule has 2 aliphatic rings. The highest BCUT2D eigenvalue weighted by Gasteiger charge is 2.40. The number of rotatable bonds is 3. The lowest BCUT2D eigenvalue weighted by molar-refractivity contribution is -0.0318. The summed E-state index contributed by atoms with van der Waals surface area (Å²) in [6.07, 6.45) is 5.80. The maximum atomic E-state index is 14.0. The third kappa shape index (κ3) is 4.27. The molecule has 0 saturated heterocycles. The van der Waals surface area contributed by atoms with E-state index in [1.54, 1.807) is 31.2 Å². The summed E-state index contributed by atoms with van der Waals surface area (Å²) in [4.78, 5) is 23.9. The van der Waals surface area contributed by atoms with E-state index in [4.69, 9.17) is 13.1 Å². The first-order valence-electron chi connectivity index (χ1n) is 11.5. The molecule has 8 nitrogen and oxygen atoms in total. The van der Waals surface area contributed by atoms with Crippen LogP contribution in [0.3, 0.4) is 0 Å². The number of alkyl halides is 3. The topological polar surface area (TPSA) is 108 Å². The molecule has 0 atom stereocenters. The minimum absolute atomic E-state index is 0.0585. The molecule has 192 valence electrons. The van der Waals surface area contributed by atoms with Crippen molar-refractivity contribution in [2.45, 2.75) is 25.3 Å². The van der Waals surface area contributed by atoms with Crippen molar-refractivity contribution in [3.8, 4) is 34.9 Å². The van der Waals surface area contributed by atoms with Crippen LogP contribution < -0.4 is 10.4 Å². The molecule has 1 aromatic carbocycles. The van der Waals surface area contributed by atoms with Gasteiger partial charge in [-0.15, -0.1) is 0 Å². The smallest absolute Gasteiger partial charge is 0.237 e. The quantitative estimate of drug-likeness (QED) is 0.345. The molecule has 0 spiro atoms. The largest absolute Gasteiger partial charge is 0.523 e. The Labute approximate surface area is 229 Å². The van der Waals surface area contributed by atoms with Gasteiger partial charge in [0.25, 0.3) is 0 Å². The maximum Gasteiger partial charge on any atom is 0.523 e. The van der Waals surface area contributed by atoms with E-state index in [9.17, 15) is 23.7 Å². The molecule has 2 heterocycles. The van der Waals surface area contributed by atoms with Gasteiger partial charge in [0.15, 0.2) is 11.6 Å². The van der Waals surface area contributed by atoms with E-state index in [0.29, 0.717) is 33.1 Å². The van der Waals surface area contributed by atoms with Gasteiger partial charge in [-0.3, -0.25) is 0 Å². The van der Waals surface area contributed by atoms with Gasteiger partial charge in [-0.2, -0.15) is 33.4 Å². The number of hydrogen-bond donors (Lipinski definition) is 0. The second-order valence-electron chi connectivity index (χ2n) is 8.56. The Kier molecular flexibility index (Phi) is 6.65. The molecular weight excluding hydrogens is 537 g/mol. The molecule has 0 aliphatic heterocycles. The SMILES string of the molecule is [C-]#[N+]C([N+]#[C-])=C1Cc2c(-c3ncccn3)c3c(c(-c4ncccn4)c2=C1C)CC(=C(C#N)C#N)C=3SC(F)(F)F. The van der Waals surface area contributed by atoms with Crippen LogP contribution >= 0.6 is 11.8 Å². The van der Waals surface area contributed by atoms with E-state index < -0.39 is 22.8 Å². The molecule has 2 aromatic heterocycles.